The zero-order valence-electron chi connectivity index (χ0n) is 15.9. The van der Waals surface area contributed by atoms with Gasteiger partial charge in [-0.05, 0) is 51.5 Å². The summed E-state index contributed by atoms with van der Waals surface area (Å²) >= 11 is 0. The Labute approximate surface area is 162 Å². The Morgan fingerprint density at radius 2 is 1.93 bits per heavy atom. The van der Waals surface area contributed by atoms with Crippen LogP contribution in [-0.4, -0.2) is 46.9 Å². The zero-order valence-corrected chi connectivity index (χ0v) is 15.9. The lowest BCUT2D eigenvalue weighted by atomic mass is 10.1. The molecule has 0 spiro atoms. The Morgan fingerprint density at radius 3 is 2.46 bits per heavy atom. The molecule has 1 aliphatic heterocycles. The predicted octanol–water partition coefficient (Wildman–Crippen LogP) is 1.54. The third kappa shape index (κ3) is 5.07. The van der Waals surface area contributed by atoms with Crippen molar-refractivity contribution in [3.63, 3.8) is 0 Å². The fourth-order valence-corrected chi connectivity index (χ4v) is 2.58. The van der Waals surface area contributed by atoms with E-state index in [4.69, 9.17) is 10.00 Å². The van der Waals surface area contributed by atoms with Crippen molar-refractivity contribution in [2.24, 2.45) is 0 Å². The van der Waals surface area contributed by atoms with Crippen LogP contribution in [0, 0.1) is 11.3 Å². The highest BCUT2D eigenvalue weighted by Crippen LogP contribution is 2.17. The quantitative estimate of drug-likeness (QED) is 0.540. The summed E-state index contributed by atoms with van der Waals surface area (Å²) in [5.74, 6) is -1.45. The van der Waals surface area contributed by atoms with E-state index < -0.39 is 29.6 Å². The number of hydrogen-bond donors (Lipinski definition) is 2. The van der Waals surface area contributed by atoms with Crippen LogP contribution in [0.4, 0.5) is 10.5 Å². The van der Waals surface area contributed by atoms with Crippen molar-refractivity contribution in [1.82, 2.24) is 10.2 Å². The first-order chi connectivity index (χ1) is 13.1. The third-order valence-electron chi connectivity index (χ3n) is 4.17. The molecule has 1 aliphatic rings. The molecule has 2 N–H and O–H groups in total. The molecule has 0 aromatic heterocycles. The predicted molar refractivity (Wildman–Crippen MR) is 98.9 cm³/mol. The summed E-state index contributed by atoms with van der Waals surface area (Å²) in [5, 5.41) is 13.9. The summed E-state index contributed by atoms with van der Waals surface area (Å²) in [5.41, 5.74) is -0.00516. The van der Waals surface area contributed by atoms with Gasteiger partial charge in [0.05, 0.1) is 11.6 Å². The van der Waals surface area contributed by atoms with E-state index in [1.165, 1.54) is 6.92 Å². The van der Waals surface area contributed by atoms with Crippen LogP contribution in [0.2, 0.25) is 0 Å². The van der Waals surface area contributed by atoms with Gasteiger partial charge in [-0.25, -0.2) is 4.79 Å². The molecule has 0 bridgehead atoms. The van der Waals surface area contributed by atoms with Crippen LogP contribution in [-0.2, 0) is 19.1 Å². The second kappa shape index (κ2) is 8.52. The number of nitrogens with zero attached hydrogens (tertiary/aromatic N) is 2. The molecule has 148 valence electrons. The number of imide groups is 1. The van der Waals surface area contributed by atoms with Crippen molar-refractivity contribution >= 4 is 29.5 Å². The van der Waals surface area contributed by atoms with Crippen molar-refractivity contribution < 1.29 is 23.9 Å². The fourth-order valence-electron chi connectivity index (χ4n) is 2.58. The van der Waals surface area contributed by atoms with E-state index >= 15 is 0 Å². The van der Waals surface area contributed by atoms with E-state index in [0.29, 0.717) is 11.3 Å². The van der Waals surface area contributed by atoms with Crippen LogP contribution in [0.3, 0.4) is 0 Å². The molecule has 1 saturated heterocycles. The molecular weight excluding hydrogens is 364 g/mol. The lowest BCUT2D eigenvalue weighted by Gasteiger charge is -2.16. The van der Waals surface area contributed by atoms with Gasteiger partial charge in [0.15, 0.2) is 6.10 Å². The van der Waals surface area contributed by atoms with Gasteiger partial charge in [-0.2, -0.15) is 5.26 Å². The van der Waals surface area contributed by atoms with Gasteiger partial charge in [0.2, 0.25) is 0 Å². The Hall–Kier alpha value is -3.41. The molecule has 9 heteroatoms. The highest BCUT2D eigenvalue weighted by molar-refractivity contribution is 6.06. The van der Waals surface area contributed by atoms with Gasteiger partial charge in [0.1, 0.15) is 5.54 Å². The maximum Gasteiger partial charge on any atom is 0.325 e. The molecule has 28 heavy (non-hydrogen) atoms. The molecule has 0 radical (unpaired) electrons. The number of esters is 1. The second-order valence-electron chi connectivity index (χ2n) is 6.93. The molecule has 1 aromatic rings. The average Bonchev–Trinajstić information content (AvgIpc) is 2.83. The Morgan fingerprint density at radius 1 is 1.29 bits per heavy atom. The van der Waals surface area contributed by atoms with Crippen molar-refractivity contribution in [2.45, 2.75) is 45.3 Å². The van der Waals surface area contributed by atoms with Crippen molar-refractivity contribution in [1.29, 1.82) is 5.26 Å². The molecule has 4 amide bonds. The van der Waals surface area contributed by atoms with Crippen LogP contribution in [0.1, 0.15) is 39.2 Å². The molecule has 9 nitrogen and oxygen atoms in total. The summed E-state index contributed by atoms with van der Waals surface area (Å²) in [7, 11) is 0. The number of carbonyl (C=O) groups excluding carboxylic acids is 4. The summed E-state index contributed by atoms with van der Waals surface area (Å²) in [4.78, 5) is 48.9. The SMILES string of the molecule is C[C@H](OC(=O)CCCN1C(=O)NC(C)(C)C1=O)C(=O)Nc1ccc(C#N)cc1. The van der Waals surface area contributed by atoms with Crippen LogP contribution in [0.15, 0.2) is 24.3 Å². The fraction of sp³-hybridized carbons (Fsp3) is 0.421. The van der Waals surface area contributed by atoms with E-state index in [0.717, 1.165) is 4.90 Å². The lowest BCUT2D eigenvalue weighted by molar-refractivity contribution is -0.153. The van der Waals surface area contributed by atoms with Crippen molar-refractivity contribution in [3.05, 3.63) is 29.8 Å². The first-order valence-electron chi connectivity index (χ1n) is 8.78. The topological polar surface area (TPSA) is 129 Å². The van der Waals surface area contributed by atoms with Crippen LogP contribution in [0.5, 0.6) is 0 Å². The smallest absolute Gasteiger partial charge is 0.325 e. The number of nitriles is 1. The number of anilines is 1. The summed E-state index contributed by atoms with van der Waals surface area (Å²) in [6.45, 7) is 4.75. The monoisotopic (exact) mass is 386 g/mol. The minimum atomic E-state index is -1.02. The maximum atomic E-state index is 12.1. The first-order valence-corrected chi connectivity index (χ1v) is 8.78. The summed E-state index contributed by atoms with van der Waals surface area (Å²) in [6.07, 6.45) is -0.817. The van der Waals surface area contributed by atoms with Gasteiger partial charge in [0.25, 0.3) is 11.8 Å². The van der Waals surface area contributed by atoms with E-state index in [9.17, 15) is 19.2 Å². The van der Waals surface area contributed by atoms with Gasteiger partial charge in [-0.3, -0.25) is 19.3 Å². The standard InChI is InChI=1S/C19H22N4O5/c1-12(16(25)21-14-8-6-13(11-20)7-9-14)28-15(24)5-4-10-23-17(26)19(2,3)22-18(23)27/h6-9,12H,4-5,10H2,1-3H3,(H,21,25)(H,22,27)/t12-/m0/s1. The van der Waals surface area contributed by atoms with Crippen LogP contribution < -0.4 is 10.6 Å². The number of benzene rings is 1. The number of urea groups is 1. The first kappa shape index (κ1) is 20.9. The van der Waals surface area contributed by atoms with E-state index in [2.05, 4.69) is 10.6 Å². The normalized spacial score (nSPS) is 16.1. The average molecular weight is 386 g/mol. The molecule has 0 saturated carbocycles. The molecule has 0 aliphatic carbocycles. The molecule has 0 unspecified atom stereocenters. The van der Waals surface area contributed by atoms with E-state index in [-0.39, 0.29) is 25.3 Å². The number of carbonyl (C=O) groups is 4. The minimum Gasteiger partial charge on any atom is -0.453 e. The maximum absolute atomic E-state index is 12.1. The minimum absolute atomic E-state index is 0.0357. The molecule has 2 rings (SSSR count). The largest absolute Gasteiger partial charge is 0.453 e. The molecule has 1 heterocycles. The van der Waals surface area contributed by atoms with Gasteiger partial charge in [-0.1, -0.05) is 0 Å². The molecule has 1 atom stereocenters. The Balaban J connectivity index is 1.76. The number of amides is 4. The van der Waals surface area contributed by atoms with Gasteiger partial charge < -0.3 is 15.4 Å². The highest BCUT2D eigenvalue weighted by Gasteiger charge is 2.43. The lowest BCUT2D eigenvalue weighted by Crippen LogP contribution is -2.40. The molecule has 1 fully saturated rings. The second-order valence-corrected chi connectivity index (χ2v) is 6.93. The van der Waals surface area contributed by atoms with Gasteiger partial charge >= 0.3 is 12.0 Å². The third-order valence-corrected chi connectivity index (χ3v) is 4.17. The molecule has 1 aromatic carbocycles. The number of hydrogen-bond acceptors (Lipinski definition) is 6. The van der Waals surface area contributed by atoms with Crippen LogP contribution in [0.25, 0.3) is 0 Å². The van der Waals surface area contributed by atoms with Crippen LogP contribution >= 0.6 is 0 Å². The molecular formula is C19H22N4O5. The summed E-state index contributed by atoms with van der Waals surface area (Å²) < 4.78 is 5.08. The highest BCUT2D eigenvalue weighted by atomic mass is 16.5. The van der Waals surface area contributed by atoms with E-state index in [1.54, 1.807) is 38.1 Å². The van der Waals surface area contributed by atoms with Gasteiger partial charge in [-0.15, -0.1) is 0 Å². The number of nitrogens with one attached hydrogen (secondary N) is 2. The van der Waals surface area contributed by atoms with Crippen molar-refractivity contribution in [3.8, 4) is 6.07 Å². The summed E-state index contributed by atoms with van der Waals surface area (Å²) in [6, 6.07) is 7.75. The van der Waals surface area contributed by atoms with Crippen molar-refractivity contribution in [2.75, 3.05) is 11.9 Å². The van der Waals surface area contributed by atoms with E-state index in [1.807, 2.05) is 6.07 Å². The number of rotatable bonds is 7. The number of ether oxygens (including phenoxy) is 1. The zero-order chi connectivity index (χ0) is 20.9. The Kier molecular flexibility index (Phi) is 6.36. The van der Waals surface area contributed by atoms with Gasteiger partial charge in [0, 0.05) is 18.7 Å². The Bertz CT molecular complexity index is 826.